The quantitative estimate of drug-likeness (QED) is 0.325. The van der Waals surface area contributed by atoms with E-state index in [1.165, 1.54) is 10.0 Å². The van der Waals surface area contributed by atoms with E-state index in [0.717, 1.165) is 25.7 Å². The molecular formula is C8H18N4O2. The second kappa shape index (κ2) is 8.40. The maximum Gasteiger partial charge on any atom is 0.0521 e. The molecule has 0 amide bonds. The van der Waals surface area contributed by atoms with Gasteiger partial charge in [-0.2, -0.15) is 0 Å². The van der Waals surface area contributed by atoms with Gasteiger partial charge in [-0.3, -0.25) is 10.0 Å². The van der Waals surface area contributed by atoms with Crippen molar-refractivity contribution in [3.8, 4) is 0 Å². The van der Waals surface area contributed by atoms with Crippen molar-refractivity contribution in [2.75, 3.05) is 27.2 Å². The van der Waals surface area contributed by atoms with Crippen LogP contribution in [-0.2, 0) is 0 Å². The Labute approximate surface area is 84.1 Å². The lowest BCUT2D eigenvalue weighted by Gasteiger charge is -2.09. The smallest absolute Gasteiger partial charge is 0.0521 e. The Bertz CT molecular complexity index is 147. The van der Waals surface area contributed by atoms with Crippen LogP contribution in [0.15, 0.2) is 10.6 Å². The molecular weight excluding hydrogens is 184 g/mol. The molecule has 82 valence electrons. The van der Waals surface area contributed by atoms with Crippen molar-refractivity contribution >= 4 is 0 Å². The van der Waals surface area contributed by atoms with Gasteiger partial charge in [0.1, 0.15) is 0 Å². The fourth-order valence-corrected chi connectivity index (χ4v) is 1.12. The van der Waals surface area contributed by atoms with Crippen molar-refractivity contribution in [2.24, 2.45) is 10.6 Å². The number of hydrogen-bond acceptors (Lipinski definition) is 4. The highest BCUT2D eigenvalue weighted by Crippen LogP contribution is 2.02. The molecule has 0 radical (unpaired) electrons. The van der Waals surface area contributed by atoms with Crippen molar-refractivity contribution in [3.63, 3.8) is 0 Å². The number of nitrogens with zero attached hydrogens (tertiary/aromatic N) is 4. The first-order valence-corrected chi connectivity index (χ1v) is 4.79. The zero-order valence-electron chi connectivity index (χ0n) is 8.85. The predicted molar refractivity (Wildman–Crippen MR) is 55.3 cm³/mol. The fourth-order valence-electron chi connectivity index (χ4n) is 1.12. The lowest BCUT2D eigenvalue weighted by molar-refractivity contribution is 0.321. The van der Waals surface area contributed by atoms with Crippen LogP contribution >= 0.6 is 0 Å². The van der Waals surface area contributed by atoms with E-state index < -0.39 is 0 Å². The minimum absolute atomic E-state index is 0.700. The van der Waals surface area contributed by atoms with Crippen LogP contribution in [0.2, 0.25) is 0 Å². The first kappa shape index (κ1) is 12.8. The molecule has 0 fully saturated rings. The summed E-state index contributed by atoms with van der Waals surface area (Å²) in [7, 11) is 3.33. The molecule has 0 heterocycles. The molecule has 0 unspecified atom stereocenters. The normalized spacial score (nSPS) is 9.57. The summed E-state index contributed by atoms with van der Waals surface area (Å²) in [5.41, 5.74) is 0. The van der Waals surface area contributed by atoms with Crippen molar-refractivity contribution in [3.05, 3.63) is 9.81 Å². The molecule has 6 heteroatoms. The molecule has 0 N–H and O–H groups in total. The third-order valence-corrected chi connectivity index (χ3v) is 1.99. The molecule has 0 aromatic heterocycles. The maximum atomic E-state index is 9.98. The highest BCUT2D eigenvalue weighted by Gasteiger charge is 1.96. The van der Waals surface area contributed by atoms with Crippen molar-refractivity contribution < 1.29 is 0 Å². The summed E-state index contributed by atoms with van der Waals surface area (Å²) >= 11 is 0. The van der Waals surface area contributed by atoms with Crippen LogP contribution in [0.3, 0.4) is 0 Å². The zero-order chi connectivity index (χ0) is 10.8. The summed E-state index contributed by atoms with van der Waals surface area (Å²) in [6, 6.07) is 0. The van der Waals surface area contributed by atoms with Gasteiger partial charge in [-0.1, -0.05) is 12.8 Å². The van der Waals surface area contributed by atoms with E-state index in [9.17, 15) is 9.81 Å². The molecule has 0 spiro atoms. The monoisotopic (exact) mass is 202 g/mol. The van der Waals surface area contributed by atoms with Gasteiger partial charge in [-0.05, 0) is 12.8 Å². The van der Waals surface area contributed by atoms with E-state index >= 15 is 0 Å². The molecule has 14 heavy (non-hydrogen) atoms. The van der Waals surface area contributed by atoms with E-state index in [0.29, 0.717) is 13.1 Å². The summed E-state index contributed by atoms with van der Waals surface area (Å²) in [6.45, 7) is 1.40. The van der Waals surface area contributed by atoms with Gasteiger partial charge in [0.05, 0.1) is 10.6 Å². The van der Waals surface area contributed by atoms with Gasteiger partial charge in [0.15, 0.2) is 0 Å². The molecule has 0 saturated carbocycles. The van der Waals surface area contributed by atoms with Crippen molar-refractivity contribution in [2.45, 2.75) is 25.7 Å². The summed E-state index contributed by atoms with van der Waals surface area (Å²) in [5.74, 6) is 0. The Hall–Kier alpha value is -1.20. The van der Waals surface area contributed by atoms with E-state index in [1.807, 2.05) is 0 Å². The zero-order valence-corrected chi connectivity index (χ0v) is 8.85. The van der Waals surface area contributed by atoms with E-state index in [2.05, 4.69) is 10.6 Å². The van der Waals surface area contributed by atoms with Crippen LogP contribution in [0.4, 0.5) is 0 Å². The van der Waals surface area contributed by atoms with Gasteiger partial charge in [0.25, 0.3) is 0 Å². The third-order valence-electron chi connectivity index (χ3n) is 1.99. The first-order chi connectivity index (χ1) is 6.70. The van der Waals surface area contributed by atoms with Crippen LogP contribution in [-0.4, -0.2) is 37.2 Å². The molecule has 0 aliphatic carbocycles. The lowest BCUT2D eigenvalue weighted by atomic mass is 10.2. The van der Waals surface area contributed by atoms with E-state index in [-0.39, 0.29) is 0 Å². The molecule has 0 atom stereocenters. The second-order valence-electron chi connectivity index (χ2n) is 3.34. The molecule has 0 aromatic rings. The molecule has 0 bridgehead atoms. The van der Waals surface area contributed by atoms with Gasteiger partial charge in [-0.25, -0.2) is 0 Å². The average Bonchev–Trinajstić information content (AvgIpc) is 2.22. The number of hydrogen-bond donors (Lipinski definition) is 0. The van der Waals surface area contributed by atoms with Crippen molar-refractivity contribution in [1.29, 1.82) is 0 Å². The molecule has 0 aliphatic heterocycles. The van der Waals surface area contributed by atoms with Crippen LogP contribution in [0, 0.1) is 9.81 Å². The minimum Gasteiger partial charge on any atom is -0.264 e. The Kier molecular flexibility index (Phi) is 7.68. The molecule has 0 aliphatic rings. The van der Waals surface area contributed by atoms with Crippen LogP contribution in [0.1, 0.15) is 25.7 Å². The van der Waals surface area contributed by atoms with Crippen LogP contribution in [0.5, 0.6) is 0 Å². The second-order valence-corrected chi connectivity index (χ2v) is 3.34. The predicted octanol–water partition coefficient (Wildman–Crippen LogP) is 1.77. The Morgan fingerprint density at radius 2 is 1.14 bits per heavy atom. The van der Waals surface area contributed by atoms with Gasteiger partial charge in [-0.15, -0.1) is 9.81 Å². The standard InChI is InChI=1S/C8H18N4O2/c1-11(9-13)7-5-3-4-6-8-12(2)10-14/h3-8H2,1-2H3. The number of unbranched alkanes of at least 4 members (excludes halogenated alkanes) is 3. The Morgan fingerprint density at radius 1 is 0.786 bits per heavy atom. The molecule has 0 saturated heterocycles. The summed E-state index contributed by atoms with van der Waals surface area (Å²) < 4.78 is 0. The van der Waals surface area contributed by atoms with E-state index in [1.54, 1.807) is 14.1 Å². The molecule has 0 aromatic carbocycles. The summed E-state index contributed by atoms with van der Waals surface area (Å²) in [5, 5.41) is 8.31. The average molecular weight is 202 g/mol. The van der Waals surface area contributed by atoms with Gasteiger partial charge < -0.3 is 0 Å². The lowest BCUT2D eigenvalue weighted by Crippen LogP contribution is -2.12. The topological polar surface area (TPSA) is 65.3 Å². The Balaban J connectivity index is 3.13. The highest BCUT2D eigenvalue weighted by atomic mass is 16.3. The van der Waals surface area contributed by atoms with E-state index in [4.69, 9.17) is 0 Å². The van der Waals surface area contributed by atoms with Crippen LogP contribution in [0.25, 0.3) is 0 Å². The maximum absolute atomic E-state index is 9.98. The molecule has 0 rings (SSSR count). The number of rotatable bonds is 9. The minimum atomic E-state index is 0.700. The number of nitroso groups, excluding NO2 is 2. The highest BCUT2D eigenvalue weighted by molar-refractivity contribution is 4.49. The SMILES string of the molecule is CN(CCCCCCN(C)N=O)N=O. The summed E-state index contributed by atoms with van der Waals surface area (Å²) in [6.07, 6.45) is 4.01. The van der Waals surface area contributed by atoms with Crippen molar-refractivity contribution in [1.82, 2.24) is 10.0 Å². The third kappa shape index (κ3) is 7.45. The van der Waals surface area contributed by atoms with Crippen LogP contribution < -0.4 is 0 Å². The first-order valence-electron chi connectivity index (χ1n) is 4.79. The molecule has 6 nitrogen and oxygen atoms in total. The van der Waals surface area contributed by atoms with Gasteiger partial charge in [0.2, 0.25) is 0 Å². The van der Waals surface area contributed by atoms with Gasteiger partial charge in [0, 0.05) is 27.2 Å². The largest absolute Gasteiger partial charge is 0.264 e. The fraction of sp³-hybridized carbons (Fsp3) is 1.00. The summed E-state index contributed by atoms with van der Waals surface area (Å²) in [4.78, 5) is 20.0. The van der Waals surface area contributed by atoms with Gasteiger partial charge >= 0.3 is 0 Å². The Morgan fingerprint density at radius 3 is 1.43 bits per heavy atom.